The van der Waals surface area contributed by atoms with E-state index in [0.29, 0.717) is 11.3 Å². The number of hydrogen-bond acceptors (Lipinski definition) is 4. The molecule has 3 aromatic rings. The van der Waals surface area contributed by atoms with Crippen LogP contribution in [0.2, 0.25) is 0 Å². The molecule has 3 aromatic carbocycles. The van der Waals surface area contributed by atoms with Crippen molar-refractivity contribution in [2.24, 2.45) is 0 Å². The van der Waals surface area contributed by atoms with Crippen molar-refractivity contribution in [1.29, 1.82) is 0 Å². The summed E-state index contributed by atoms with van der Waals surface area (Å²) in [6.07, 6.45) is 5.65. The van der Waals surface area contributed by atoms with Crippen LogP contribution in [0.5, 0.6) is 11.5 Å². The molecule has 1 heterocycles. The molecule has 4 rings (SSSR count). The molecule has 0 aromatic heterocycles. The van der Waals surface area contributed by atoms with E-state index in [1.165, 1.54) is 4.90 Å². The normalized spacial score (nSPS) is 14.7. The lowest BCUT2D eigenvalue weighted by molar-refractivity contribution is -0.130. The second kappa shape index (κ2) is 8.19. The van der Waals surface area contributed by atoms with E-state index in [0.717, 1.165) is 22.6 Å². The van der Waals surface area contributed by atoms with Gasteiger partial charge in [-0.15, -0.1) is 11.8 Å². The van der Waals surface area contributed by atoms with Crippen molar-refractivity contribution < 1.29 is 14.3 Å². The van der Waals surface area contributed by atoms with E-state index >= 15 is 0 Å². The van der Waals surface area contributed by atoms with E-state index in [1.807, 2.05) is 91.2 Å². The molecule has 0 radical (unpaired) electrons. The smallest absolute Gasteiger partial charge is 0.343 e. The molecular formula is C24H18O3S. The average Bonchev–Trinajstić information content (AvgIpc) is 3.10. The zero-order chi connectivity index (χ0) is 19.3. The van der Waals surface area contributed by atoms with Gasteiger partial charge in [0.25, 0.3) is 0 Å². The molecule has 1 aliphatic heterocycles. The van der Waals surface area contributed by atoms with Gasteiger partial charge in [-0.05, 0) is 72.5 Å². The summed E-state index contributed by atoms with van der Waals surface area (Å²) in [5, 5.41) is 0. The van der Waals surface area contributed by atoms with Gasteiger partial charge in [-0.2, -0.15) is 0 Å². The van der Waals surface area contributed by atoms with Crippen LogP contribution in [0.1, 0.15) is 11.1 Å². The molecular weight excluding hydrogens is 368 g/mol. The molecule has 138 valence electrons. The predicted octanol–water partition coefficient (Wildman–Crippen LogP) is 6.18. The highest BCUT2D eigenvalue weighted by atomic mass is 32.2. The summed E-state index contributed by atoms with van der Waals surface area (Å²) in [7, 11) is 0. The van der Waals surface area contributed by atoms with E-state index in [4.69, 9.17) is 9.47 Å². The van der Waals surface area contributed by atoms with Gasteiger partial charge in [-0.3, -0.25) is 0 Å². The van der Waals surface area contributed by atoms with Crippen LogP contribution >= 0.6 is 11.8 Å². The molecule has 0 amide bonds. The Bertz CT molecular complexity index is 1030. The Hall–Kier alpha value is -3.24. The Morgan fingerprint density at radius 2 is 1.54 bits per heavy atom. The van der Waals surface area contributed by atoms with E-state index in [9.17, 15) is 4.79 Å². The number of carbonyl (C=O) groups is 1. The second-order valence-corrected chi connectivity index (χ2v) is 7.09. The van der Waals surface area contributed by atoms with Gasteiger partial charge < -0.3 is 9.47 Å². The third-order valence-corrected chi connectivity index (χ3v) is 5.02. The third kappa shape index (κ3) is 4.18. The lowest BCUT2D eigenvalue weighted by Gasteiger charge is -2.06. The number of rotatable bonds is 5. The molecule has 0 spiro atoms. The van der Waals surface area contributed by atoms with Crippen molar-refractivity contribution in [2.75, 3.05) is 6.26 Å². The molecule has 0 unspecified atom stereocenters. The number of hydrogen-bond donors (Lipinski definition) is 0. The third-order valence-electron chi connectivity index (χ3n) is 4.28. The Morgan fingerprint density at radius 3 is 2.21 bits per heavy atom. The van der Waals surface area contributed by atoms with Gasteiger partial charge in [0.1, 0.15) is 17.3 Å². The zero-order valence-electron chi connectivity index (χ0n) is 15.3. The van der Waals surface area contributed by atoms with E-state index < -0.39 is 0 Å². The first-order valence-electron chi connectivity index (χ1n) is 8.84. The summed E-state index contributed by atoms with van der Waals surface area (Å²) in [6.45, 7) is 0. The molecule has 0 aliphatic carbocycles. The average molecular weight is 386 g/mol. The number of benzene rings is 3. The van der Waals surface area contributed by atoms with E-state index in [2.05, 4.69) is 0 Å². The van der Waals surface area contributed by atoms with Gasteiger partial charge in [0.05, 0.1) is 5.57 Å². The highest BCUT2D eigenvalue weighted by Crippen LogP contribution is 2.30. The zero-order valence-corrected chi connectivity index (χ0v) is 16.1. The van der Waals surface area contributed by atoms with Crippen molar-refractivity contribution in [1.82, 2.24) is 0 Å². The molecule has 0 N–H and O–H groups in total. The van der Waals surface area contributed by atoms with Crippen LogP contribution in [0.3, 0.4) is 0 Å². The summed E-state index contributed by atoms with van der Waals surface area (Å²) in [4.78, 5) is 13.4. The van der Waals surface area contributed by atoms with Crippen molar-refractivity contribution in [3.05, 3.63) is 102 Å². The molecule has 1 aliphatic rings. The minimum Gasteiger partial charge on any atom is -0.457 e. The van der Waals surface area contributed by atoms with Gasteiger partial charge in [-0.25, -0.2) is 4.79 Å². The van der Waals surface area contributed by atoms with Crippen LogP contribution in [0.15, 0.2) is 95.4 Å². The van der Waals surface area contributed by atoms with Crippen LogP contribution in [-0.2, 0) is 9.53 Å². The molecule has 3 nitrogen and oxygen atoms in total. The molecule has 28 heavy (non-hydrogen) atoms. The fourth-order valence-corrected chi connectivity index (χ4v) is 3.23. The maximum atomic E-state index is 12.2. The number of ether oxygens (including phenoxy) is 2. The SMILES string of the molecule is CSc1ccc(/C=C2\C=C(c3ccc(Oc4ccccc4)cc3)OC2=O)cc1. The standard InChI is InChI=1S/C24H18O3S/c1-28-22-13-7-17(8-14-22)15-19-16-23(27-24(19)25)18-9-11-21(12-10-18)26-20-5-3-2-4-6-20/h2-16H,1H3/b19-15+. The molecule has 0 atom stereocenters. The topological polar surface area (TPSA) is 35.5 Å². The Kier molecular flexibility index (Phi) is 5.31. The summed E-state index contributed by atoms with van der Waals surface area (Å²) in [5.74, 6) is 1.71. The summed E-state index contributed by atoms with van der Waals surface area (Å²) >= 11 is 1.69. The molecule has 0 bridgehead atoms. The fourth-order valence-electron chi connectivity index (χ4n) is 2.82. The van der Waals surface area contributed by atoms with E-state index in [-0.39, 0.29) is 5.97 Å². The van der Waals surface area contributed by atoms with Crippen molar-refractivity contribution in [3.8, 4) is 11.5 Å². The number of carbonyl (C=O) groups excluding carboxylic acids is 1. The lowest BCUT2D eigenvalue weighted by Crippen LogP contribution is -1.97. The van der Waals surface area contributed by atoms with Crippen molar-refractivity contribution in [3.63, 3.8) is 0 Å². The number of para-hydroxylation sites is 1. The molecule has 0 fully saturated rings. The van der Waals surface area contributed by atoms with Crippen molar-refractivity contribution >= 4 is 29.6 Å². The van der Waals surface area contributed by atoms with Gasteiger partial charge >= 0.3 is 5.97 Å². The molecule has 0 saturated heterocycles. The van der Waals surface area contributed by atoms with Gasteiger partial charge in [0.15, 0.2) is 0 Å². The number of cyclic esters (lactones) is 1. The first-order valence-corrected chi connectivity index (χ1v) is 10.1. The minimum absolute atomic E-state index is 0.339. The monoisotopic (exact) mass is 386 g/mol. The van der Waals surface area contributed by atoms with Gasteiger partial charge in [-0.1, -0.05) is 30.3 Å². The van der Waals surface area contributed by atoms with Crippen LogP contribution in [0, 0.1) is 0 Å². The molecule has 0 saturated carbocycles. The quantitative estimate of drug-likeness (QED) is 0.298. The first-order chi connectivity index (χ1) is 13.7. The predicted molar refractivity (Wildman–Crippen MR) is 113 cm³/mol. The maximum Gasteiger partial charge on any atom is 0.343 e. The minimum atomic E-state index is -0.339. The van der Waals surface area contributed by atoms with Crippen molar-refractivity contribution in [2.45, 2.75) is 4.90 Å². The summed E-state index contributed by atoms with van der Waals surface area (Å²) in [6, 6.07) is 25.1. The molecule has 4 heteroatoms. The Labute approximate surface area is 168 Å². The highest BCUT2D eigenvalue weighted by molar-refractivity contribution is 7.98. The van der Waals surface area contributed by atoms with Crippen LogP contribution in [0.25, 0.3) is 11.8 Å². The largest absolute Gasteiger partial charge is 0.457 e. The summed E-state index contributed by atoms with van der Waals surface area (Å²) < 4.78 is 11.2. The fraction of sp³-hybridized carbons (Fsp3) is 0.0417. The first kappa shape index (κ1) is 18.1. The Morgan fingerprint density at radius 1 is 0.857 bits per heavy atom. The van der Waals surface area contributed by atoms with Crippen LogP contribution in [0.4, 0.5) is 0 Å². The van der Waals surface area contributed by atoms with Crippen LogP contribution in [-0.4, -0.2) is 12.2 Å². The maximum absolute atomic E-state index is 12.2. The van der Waals surface area contributed by atoms with Gasteiger partial charge in [0.2, 0.25) is 0 Å². The highest BCUT2D eigenvalue weighted by Gasteiger charge is 2.22. The summed E-state index contributed by atoms with van der Waals surface area (Å²) in [5.41, 5.74) is 2.33. The number of thioether (sulfide) groups is 1. The number of esters is 1. The lowest BCUT2D eigenvalue weighted by atomic mass is 10.1. The van der Waals surface area contributed by atoms with Crippen LogP contribution < -0.4 is 4.74 Å². The van der Waals surface area contributed by atoms with Gasteiger partial charge in [0, 0.05) is 10.5 Å². The Balaban J connectivity index is 1.51. The second-order valence-electron chi connectivity index (χ2n) is 6.21. The van der Waals surface area contributed by atoms with E-state index in [1.54, 1.807) is 17.8 Å².